The lowest BCUT2D eigenvalue weighted by molar-refractivity contribution is -0.193. The molecule has 0 bridgehead atoms. The van der Waals surface area contributed by atoms with E-state index in [-0.39, 0.29) is 17.0 Å². The number of hydrogen-bond donors (Lipinski definition) is 2. The standard InChI is InChI=1S/C19H35NO5Si/c1-18(2,3)26(4,5)25-12-16-15-7-6-14(20-17(21)22)10-13(15)11-19(16)23-8-9-24-19/h13-16,20H,6-12H2,1-5H3,(H,21,22)/t13-,14?,15+,16-/m0/s1. The molecule has 3 aliphatic rings. The summed E-state index contributed by atoms with van der Waals surface area (Å²) < 4.78 is 18.9. The van der Waals surface area contributed by atoms with Gasteiger partial charge >= 0.3 is 6.09 Å². The molecule has 0 aromatic rings. The molecule has 7 heteroatoms. The molecule has 150 valence electrons. The lowest BCUT2D eigenvalue weighted by Crippen LogP contribution is -2.47. The van der Waals surface area contributed by atoms with Crippen LogP contribution in [0.5, 0.6) is 0 Å². The first-order valence-electron chi connectivity index (χ1n) is 9.95. The number of fused-ring (bicyclic) bond motifs is 1. The van der Waals surface area contributed by atoms with Crippen LogP contribution in [0, 0.1) is 17.8 Å². The van der Waals surface area contributed by atoms with E-state index in [1.807, 2.05) is 0 Å². The fourth-order valence-electron chi connectivity index (χ4n) is 4.77. The number of nitrogens with one attached hydrogen (secondary N) is 1. The molecule has 1 saturated heterocycles. The molecular formula is C19H35NO5Si. The van der Waals surface area contributed by atoms with Crippen LogP contribution < -0.4 is 5.32 Å². The third kappa shape index (κ3) is 3.81. The van der Waals surface area contributed by atoms with Crippen molar-refractivity contribution in [2.24, 2.45) is 17.8 Å². The van der Waals surface area contributed by atoms with Gasteiger partial charge in [0.15, 0.2) is 14.1 Å². The maximum absolute atomic E-state index is 11.0. The van der Waals surface area contributed by atoms with Gasteiger partial charge in [-0.1, -0.05) is 20.8 Å². The third-order valence-corrected chi connectivity index (χ3v) is 11.7. The topological polar surface area (TPSA) is 77.0 Å². The van der Waals surface area contributed by atoms with Crippen molar-refractivity contribution in [3.05, 3.63) is 0 Å². The van der Waals surface area contributed by atoms with Crippen molar-refractivity contribution in [3.8, 4) is 0 Å². The van der Waals surface area contributed by atoms with Gasteiger partial charge in [-0.25, -0.2) is 4.79 Å². The van der Waals surface area contributed by atoms with Gasteiger partial charge in [0.1, 0.15) is 0 Å². The molecule has 4 atom stereocenters. The summed E-state index contributed by atoms with van der Waals surface area (Å²) in [6.45, 7) is 13.3. The molecule has 3 fully saturated rings. The van der Waals surface area contributed by atoms with Crippen LogP contribution in [0.2, 0.25) is 18.1 Å². The normalized spacial score (nSPS) is 34.0. The Hall–Kier alpha value is -0.633. The van der Waals surface area contributed by atoms with Crippen LogP contribution in [-0.4, -0.2) is 51.2 Å². The molecule has 0 aromatic carbocycles. The highest BCUT2D eigenvalue weighted by Gasteiger charge is 2.58. The highest BCUT2D eigenvalue weighted by Crippen LogP contribution is 2.55. The zero-order chi connectivity index (χ0) is 19.2. The van der Waals surface area contributed by atoms with E-state index in [0.29, 0.717) is 31.7 Å². The minimum atomic E-state index is -1.83. The molecule has 2 N–H and O–H groups in total. The van der Waals surface area contributed by atoms with Gasteiger partial charge in [-0.3, -0.25) is 0 Å². The molecule has 6 nitrogen and oxygen atoms in total. The molecule has 2 aliphatic carbocycles. The second-order valence-corrected chi connectivity index (χ2v) is 14.6. The van der Waals surface area contributed by atoms with Gasteiger partial charge < -0.3 is 24.3 Å². The van der Waals surface area contributed by atoms with Gasteiger partial charge in [0, 0.05) is 25.0 Å². The zero-order valence-electron chi connectivity index (χ0n) is 16.8. The first-order chi connectivity index (χ1) is 12.0. The predicted octanol–water partition coefficient (Wildman–Crippen LogP) is 3.82. The van der Waals surface area contributed by atoms with Gasteiger partial charge in [0.05, 0.1) is 13.2 Å². The summed E-state index contributed by atoms with van der Waals surface area (Å²) in [7, 11) is -1.83. The summed E-state index contributed by atoms with van der Waals surface area (Å²) in [5.41, 5.74) is 0. The minimum absolute atomic E-state index is 0.0484. The highest BCUT2D eigenvalue weighted by atomic mass is 28.4. The zero-order valence-corrected chi connectivity index (χ0v) is 17.8. The summed E-state index contributed by atoms with van der Waals surface area (Å²) >= 11 is 0. The van der Waals surface area contributed by atoms with E-state index >= 15 is 0 Å². The molecule has 26 heavy (non-hydrogen) atoms. The lowest BCUT2D eigenvalue weighted by Gasteiger charge is -2.40. The van der Waals surface area contributed by atoms with Crippen LogP contribution in [0.4, 0.5) is 4.79 Å². The van der Waals surface area contributed by atoms with Crippen molar-refractivity contribution in [2.45, 2.75) is 76.4 Å². The number of carboxylic acid groups (broad SMARTS) is 1. The Kier molecular flexibility index (Phi) is 5.47. The maximum Gasteiger partial charge on any atom is 0.404 e. The van der Waals surface area contributed by atoms with Gasteiger partial charge in [-0.2, -0.15) is 0 Å². The number of hydrogen-bond acceptors (Lipinski definition) is 4. The molecular weight excluding hydrogens is 350 g/mol. The van der Waals surface area contributed by atoms with E-state index in [0.717, 1.165) is 25.7 Å². The number of amides is 1. The third-order valence-electron chi connectivity index (χ3n) is 7.20. The largest absolute Gasteiger partial charge is 0.465 e. The van der Waals surface area contributed by atoms with Crippen molar-refractivity contribution in [1.82, 2.24) is 5.32 Å². The summed E-state index contributed by atoms with van der Waals surface area (Å²) in [4.78, 5) is 11.0. The quantitative estimate of drug-likeness (QED) is 0.719. The first kappa shape index (κ1) is 20.1. The van der Waals surface area contributed by atoms with Crippen molar-refractivity contribution in [1.29, 1.82) is 0 Å². The van der Waals surface area contributed by atoms with E-state index in [1.54, 1.807) is 0 Å². The summed E-state index contributed by atoms with van der Waals surface area (Å²) in [6.07, 6.45) is 2.71. The van der Waals surface area contributed by atoms with Crippen LogP contribution in [0.15, 0.2) is 0 Å². The molecule has 1 unspecified atom stereocenters. The smallest absolute Gasteiger partial charge is 0.404 e. The number of ether oxygens (including phenoxy) is 2. The van der Waals surface area contributed by atoms with Gasteiger partial charge in [0.25, 0.3) is 0 Å². The van der Waals surface area contributed by atoms with Crippen LogP contribution in [0.1, 0.15) is 46.5 Å². The Morgan fingerprint density at radius 2 is 1.92 bits per heavy atom. The van der Waals surface area contributed by atoms with Gasteiger partial charge in [0.2, 0.25) is 0 Å². The van der Waals surface area contributed by atoms with Crippen LogP contribution >= 0.6 is 0 Å². The average Bonchev–Trinajstić information content (AvgIpc) is 3.08. The Morgan fingerprint density at radius 1 is 1.27 bits per heavy atom. The van der Waals surface area contributed by atoms with E-state index in [9.17, 15) is 4.79 Å². The maximum atomic E-state index is 11.0. The Bertz CT molecular complexity index is 527. The molecule has 0 radical (unpaired) electrons. The predicted molar refractivity (Wildman–Crippen MR) is 102 cm³/mol. The Balaban J connectivity index is 1.72. The van der Waals surface area contributed by atoms with Crippen molar-refractivity contribution >= 4 is 14.4 Å². The molecule has 1 heterocycles. The molecule has 1 amide bonds. The van der Waals surface area contributed by atoms with Crippen LogP contribution in [-0.2, 0) is 13.9 Å². The highest BCUT2D eigenvalue weighted by molar-refractivity contribution is 6.74. The molecule has 2 saturated carbocycles. The minimum Gasteiger partial charge on any atom is -0.465 e. The van der Waals surface area contributed by atoms with E-state index in [2.05, 4.69) is 39.2 Å². The summed E-state index contributed by atoms with van der Waals surface area (Å²) in [5.74, 6) is 0.654. The second-order valence-electron chi connectivity index (χ2n) is 9.77. The van der Waals surface area contributed by atoms with Crippen molar-refractivity contribution in [2.75, 3.05) is 19.8 Å². The number of carbonyl (C=O) groups is 1. The van der Waals surface area contributed by atoms with E-state index < -0.39 is 20.2 Å². The van der Waals surface area contributed by atoms with Crippen molar-refractivity contribution < 1.29 is 23.8 Å². The Labute approximate surface area is 158 Å². The van der Waals surface area contributed by atoms with Gasteiger partial charge in [-0.05, 0) is 49.2 Å². The molecule has 3 rings (SSSR count). The first-order valence-corrected chi connectivity index (χ1v) is 12.9. The lowest BCUT2D eigenvalue weighted by atomic mass is 9.76. The van der Waals surface area contributed by atoms with E-state index in [4.69, 9.17) is 19.0 Å². The summed E-state index contributed by atoms with van der Waals surface area (Å²) in [5, 5.41) is 11.9. The number of rotatable bonds is 4. The molecule has 0 aromatic heterocycles. The average molecular weight is 386 g/mol. The van der Waals surface area contributed by atoms with Crippen molar-refractivity contribution in [3.63, 3.8) is 0 Å². The molecule has 1 spiro atoms. The van der Waals surface area contributed by atoms with Gasteiger partial charge in [-0.15, -0.1) is 0 Å². The van der Waals surface area contributed by atoms with E-state index in [1.165, 1.54) is 0 Å². The SMILES string of the molecule is CC(C)(C)[Si](C)(C)OC[C@H]1[C@@H]2CCC(NC(=O)O)C[C@H]2CC12OCCO2. The van der Waals surface area contributed by atoms with Crippen LogP contribution in [0.25, 0.3) is 0 Å². The summed E-state index contributed by atoms with van der Waals surface area (Å²) in [6, 6.07) is 0.0484. The monoisotopic (exact) mass is 385 g/mol. The van der Waals surface area contributed by atoms with Crippen LogP contribution in [0.3, 0.4) is 0 Å². The fourth-order valence-corrected chi connectivity index (χ4v) is 5.80. The molecule has 1 aliphatic heterocycles. The fraction of sp³-hybridized carbons (Fsp3) is 0.947. The Morgan fingerprint density at radius 3 is 2.50 bits per heavy atom. The second kappa shape index (κ2) is 7.07.